The number of hydrogen-bond donors (Lipinski definition) is 1. The number of nitrogens with one attached hydrogen (secondary N) is 1. The third-order valence-corrected chi connectivity index (χ3v) is 4.62. The summed E-state index contributed by atoms with van der Waals surface area (Å²) in [6, 6.07) is 18.8. The summed E-state index contributed by atoms with van der Waals surface area (Å²) in [5.74, 6) is 0.776. The largest absolute Gasteiger partial charge is 0.378 e. The van der Waals surface area contributed by atoms with Gasteiger partial charge in [0.2, 0.25) is 11.7 Å². The Labute approximate surface area is 174 Å². The zero-order chi connectivity index (χ0) is 20.9. The molecule has 2 aromatic carbocycles. The first-order valence-electron chi connectivity index (χ1n) is 9.50. The van der Waals surface area contributed by atoms with Gasteiger partial charge in [-0.3, -0.25) is 9.78 Å². The Balaban J connectivity index is 1.53. The summed E-state index contributed by atoms with van der Waals surface area (Å²) in [5, 5.41) is 7.02. The van der Waals surface area contributed by atoms with Crippen LogP contribution in [0.1, 0.15) is 21.8 Å². The summed E-state index contributed by atoms with van der Waals surface area (Å²) < 4.78 is 5.40. The van der Waals surface area contributed by atoms with Gasteiger partial charge in [-0.05, 0) is 42.0 Å². The Hall–Kier alpha value is -4.00. The summed E-state index contributed by atoms with van der Waals surface area (Å²) in [4.78, 5) is 23.3. The van der Waals surface area contributed by atoms with Crippen LogP contribution >= 0.6 is 0 Å². The zero-order valence-corrected chi connectivity index (χ0v) is 16.7. The molecule has 0 saturated heterocycles. The van der Waals surface area contributed by atoms with Crippen LogP contribution in [0.15, 0.2) is 77.6 Å². The first-order chi connectivity index (χ1) is 14.6. The molecule has 1 amide bonds. The second-order valence-electron chi connectivity index (χ2n) is 6.99. The van der Waals surface area contributed by atoms with Crippen molar-refractivity contribution in [3.05, 3.63) is 90.1 Å². The maximum absolute atomic E-state index is 12.8. The first kappa shape index (κ1) is 19.3. The van der Waals surface area contributed by atoms with Gasteiger partial charge >= 0.3 is 0 Å². The topological polar surface area (TPSA) is 84.2 Å². The number of anilines is 2. The normalized spacial score (nSPS) is 10.6. The van der Waals surface area contributed by atoms with Gasteiger partial charge in [-0.25, -0.2) is 0 Å². The van der Waals surface area contributed by atoms with Crippen LogP contribution in [0.25, 0.3) is 11.4 Å². The standard InChI is InChI=1S/C23H21N5O2/c1-28(2)19-10-5-8-17(13-19)23(29)25-20-11-4-3-7-16(20)14-21-26-22(27-30-21)18-9-6-12-24-15-18/h3-13,15H,14H2,1-2H3,(H,25,29). The van der Waals surface area contributed by atoms with Crippen molar-refractivity contribution in [2.75, 3.05) is 24.3 Å². The molecular weight excluding hydrogens is 378 g/mol. The van der Waals surface area contributed by atoms with Crippen LogP contribution in [-0.2, 0) is 6.42 Å². The molecule has 2 heterocycles. The van der Waals surface area contributed by atoms with Crippen molar-refractivity contribution in [1.29, 1.82) is 0 Å². The predicted molar refractivity (Wildman–Crippen MR) is 115 cm³/mol. The highest BCUT2D eigenvalue weighted by Crippen LogP contribution is 2.22. The van der Waals surface area contributed by atoms with Crippen LogP contribution in [0.5, 0.6) is 0 Å². The fourth-order valence-corrected chi connectivity index (χ4v) is 3.02. The van der Waals surface area contributed by atoms with E-state index in [1.165, 1.54) is 0 Å². The molecule has 30 heavy (non-hydrogen) atoms. The predicted octanol–water partition coefficient (Wildman–Crippen LogP) is 4.04. The van der Waals surface area contributed by atoms with Gasteiger partial charge in [0.05, 0.1) is 6.42 Å². The SMILES string of the molecule is CN(C)c1cccc(C(=O)Nc2ccccc2Cc2nc(-c3cccnc3)no2)c1. The number of carbonyl (C=O) groups excluding carboxylic acids is 1. The Morgan fingerprint density at radius 3 is 2.73 bits per heavy atom. The quantitative estimate of drug-likeness (QED) is 0.527. The number of benzene rings is 2. The van der Waals surface area contributed by atoms with Crippen LogP contribution in [0, 0.1) is 0 Å². The number of amides is 1. The minimum Gasteiger partial charge on any atom is -0.378 e. The summed E-state index contributed by atoms with van der Waals surface area (Å²) >= 11 is 0. The molecule has 0 unspecified atom stereocenters. The molecule has 7 nitrogen and oxygen atoms in total. The fourth-order valence-electron chi connectivity index (χ4n) is 3.02. The van der Waals surface area contributed by atoms with Gasteiger partial charge in [0.1, 0.15) is 0 Å². The van der Waals surface area contributed by atoms with Crippen LogP contribution in [0.4, 0.5) is 11.4 Å². The number of rotatable bonds is 6. The van der Waals surface area contributed by atoms with Gasteiger partial charge in [-0.1, -0.05) is 29.4 Å². The van der Waals surface area contributed by atoms with Crippen molar-refractivity contribution in [2.24, 2.45) is 0 Å². The van der Waals surface area contributed by atoms with Crippen molar-refractivity contribution < 1.29 is 9.32 Å². The minimum atomic E-state index is -0.173. The monoisotopic (exact) mass is 399 g/mol. The van der Waals surface area contributed by atoms with E-state index in [0.717, 1.165) is 16.8 Å². The molecule has 0 bridgehead atoms. The molecule has 0 aliphatic rings. The summed E-state index contributed by atoms with van der Waals surface area (Å²) in [7, 11) is 3.88. The summed E-state index contributed by atoms with van der Waals surface area (Å²) in [6.07, 6.45) is 3.78. The smallest absolute Gasteiger partial charge is 0.255 e. The Bertz CT molecular complexity index is 1150. The van der Waals surface area contributed by atoms with Gasteiger partial charge in [0.25, 0.3) is 5.91 Å². The van der Waals surface area contributed by atoms with Crippen molar-refractivity contribution >= 4 is 17.3 Å². The Kier molecular flexibility index (Phi) is 5.52. The minimum absolute atomic E-state index is 0.173. The highest BCUT2D eigenvalue weighted by molar-refractivity contribution is 6.05. The maximum Gasteiger partial charge on any atom is 0.255 e. The molecule has 0 spiro atoms. The molecule has 0 atom stereocenters. The number of para-hydroxylation sites is 1. The second-order valence-corrected chi connectivity index (χ2v) is 6.99. The van der Waals surface area contributed by atoms with Gasteiger partial charge in [-0.15, -0.1) is 0 Å². The summed E-state index contributed by atoms with van der Waals surface area (Å²) in [6.45, 7) is 0. The summed E-state index contributed by atoms with van der Waals surface area (Å²) in [5.41, 5.74) is 3.93. The molecule has 1 N–H and O–H groups in total. The molecule has 0 fully saturated rings. The molecule has 4 rings (SSSR count). The van der Waals surface area contributed by atoms with E-state index in [-0.39, 0.29) is 5.91 Å². The molecule has 0 aliphatic carbocycles. The third-order valence-electron chi connectivity index (χ3n) is 4.62. The third kappa shape index (κ3) is 4.35. The highest BCUT2D eigenvalue weighted by Gasteiger charge is 2.14. The van der Waals surface area contributed by atoms with Gasteiger partial charge in [0, 0.05) is 49.0 Å². The van der Waals surface area contributed by atoms with Gasteiger partial charge in [0.15, 0.2) is 0 Å². The lowest BCUT2D eigenvalue weighted by molar-refractivity contribution is 0.102. The van der Waals surface area contributed by atoms with E-state index in [9.17, 15) is 4.79 Å². The van der Waals surface area contributed by atoms with Crippen molar-refractivity contribution in [3.8, 4) is 11.4 Å². The molecule has 7 heteroatoms. The Morgan fingerprint density at radius 2 is 1.93 bits per heavy atom. The molecule has 150 valence electrons. The molecular formula is C23H21N5O2. The van der Waals surface area contributed by atoms with Gasteiger partial charge in [-0.2, -0.15) is 4.98 Å². The molecule has 0 saturated carbocycles. The van der Waals surface area contributed by atoms with Crippen molar-refractivity contribution in [3.63, 3.8) is 0 Å². The molecule has 2 aromatic heterocycles. The van der Waals surface area contributed by atoms with E-state index in [1.807, 2.05) is 73.6 Å². The maximum atomic E-state index is 12.8. The number of nitrogens with zero attached hydrogens (tertiary/aromatic N) is 4. The van der Waals surface area contributed by atoms with E-state index in [1.54, 1.807) is 18.5 Å². The number of carbonyl (C=O) groups is 1. The highest BCUT2D eigenvalue weighted by atomic mass is 16.5. The van der Waals surface area contributed by atoms with Crippen LogP contribution < -0.4 is 10.2 Å². The number of hydrogen-bond acceptors (Lipinski definition) is 6. The van der Waals surface area contributed by atoms with E-state index in [0.29, 0.717) is 29.4 Å². The lowest BCUT2D eigenvalue weighted by atomic mass is 10.1. The van der Waals surface area contributed by atoms with E-state index >= 15 is 0 Å². The molecule has 0 aliphatic heterocycles. The first-order valence-corrected chi connectivity index (χ1v) is 9.50. The number of pyridine rings is 1. The average molecular weight is 399 g/mol. The van der Waals surface area contributed by atoms with Crippen LogP contribution in [0.2, 0.25) is 0 Å². The molecule has 0 radical (unpaired) electrons. The lowest BCUT2D eigenvalue weighted by Crippen LogP contribution is -2.15. The fraction of sp³-hybridized carbons (Fsp3) is 0.130. The van der Waals surface area contributed by atoms with Crippen molar-refractivity contribution in [2.45, 2.75) is 6.42 Å². The lowest BCUT2D eigenvalue weighted by Gasteiger charge is -2.14. The van der Waals surface area contributed by atoms with E-state index < -0.39 is 0 Å². The Morgan fingerprint density at radius 1 is 1.07 bits per heavy atom. The second kappa shape index (κ2) is 8.57. The van der Waals surface area contributed by atoms with E-state index in [2.05, 4.69) is 20.4 Å². The van der Waals surface area contributed by atoms with Crippen LogP contribution in [0.3, 0.4) is 0 Å². The van der Waals surface area contributed by atoms with Crippen LogP contribution in [-0.4, -0.2) is 35.1 Å². The van der Waals surface area contributed by atoms with E-state index in [4.69, 9.17) is 4.52 Å². The van der Waals surface area contributed by atoms with Gasteiger partial charge < -0.3 is 14.7 Å². The number of aromatic nitrogens is 3. The average Bonchev–Trinajstić information content (AvgIpc) is 3.24. The molecule has 4 aromatic rings. The van der Waals surface area contributed by atoms with Crippen molar-refractivity contribution in [1.82, 2.24) is 15.1 Å². The zero-order valence-electron chi connectivity index (χ0n) is 16.7.